The van der Waals surface area contributed by atoms with Crippen molar-refractivity contribution in [3.63, 3.8) is 0 Å². The van der Waals surface area contributed by atoms with Gasteiger partial charge in [0.15, 0.2) is 0 Å². The molecular formula is C16H22N2O2. The Bertz CT molecular complexity index is 630. The Morgan fingerprint density at radius 2 is 1.75 bits per heavy atom. The highest BCUT2D eigenvalue weighted by Gasteiger charge is 2.19. The first-order valence-electron chi connectivity index (χ1n) is 6.65. The van der Waals surface area contributed by atoms with Crippen molar-refractivity contribution in [1.82, 2.24) is 4.98 Å². The largest absolute Gasteiger partial charge is 0.497 e. The Labute approximate surface area is 120 Å². The zero-order valence-electron chi connectivity index (χ0n) is 13.0. The molecule has 0 saturated carbocycles. The molecular weight excluding hydrogens is 252 g/mol. The molecule has 0 bridgehead atoms. The topological polar surface area (TPSA) is 43.4 Å². The first-order valence-corrected chi connectivity index (χ1v) is 6.65. The van der Waals surface area contributed by atoms with E-state index in [1.807, 2.05) is 19.2 Å². The standard InChI is InChI=1S/C16H22N2O2/c1-16(2,3)14-9-12(17-4)11-7-10(19-5)8-13(20-6)15(11)18-14/h7-9H,1-6H3,(H,17,18). The van der Waals surface area contributed by atoms with Crippen LogP contribution in [0.1, 0.15) is 26.5 Å². The smallest absolute Gasteiger partial charge is 0.148 e. The Kier molecular flexibility index (Phi) is 3.75. The maximum absolute atomic E-state index is 5.47. The van der Waals surface area contributed by atoms with Gasteiger partial charge in [-0.05, 0) is 12.1 Å². The van der Waals surface area contributed by atoms with Gasteiger partial charge in [-0.25, -0.2) is 4.98 Å². The van der Waals surface area contributed by atoms with Crippen molar-refractivity contribution in [3.05, 3.63) is 23.9 Å². The lowest BCUT2D eigenvalue weighted by molar-refractivity contribution is 0.397. The van der Waals surface area contributed by atoms with Crippen LogP contribution in [0.5, 0.6) is 11.5 Å². The van der Waals surface area contributed by atoms with E-state index in [1.165, 1.54) is 0 Å². The molecule has 108 valence electrons. The Morgan fingerprint density at radius 1 is 1.05 bits per heavy atom. The predicted octanol–water partition coefficient (Wildman–Crippen LogP) is 3.59. The highest BCUT2D eigenvalue weighted by atomic mass is 16.5. The summed E-state index contributed by atoms with van der Waals surface area (Å²) < 4.78 is 10.8. The second kappa shape index (κ2) is 5.19. The molecule has 0 spiro atoms. The molecule has 4 nitrogen and oxygen atoms in total. The fraction of sp³-hybridized carbons (Fsp3) is 0.438. The lowest BCUT2D eigenvalue weighted by Gasteiger charge is -2.21. The van der Waals surface area contributed by atoms with Crippen LogP contribution in [0.25, 0.3) is 10.9 Å². The second-order valence-electron chi connectivity index (χ2n) is 5.78. The molecule has 1 heterocycles. The number of pyridine rings is 1. The number of anilines is 1. The van der Waals surface area contributed by atoms with Crippen molar-refractivity contribution in [1.29, 1.82) is 0 Å². The van der Waals surface area contributed by atoms with Crippen molar-refractivity contribution in [2.75, 3.05) is 26.6 Å². The third-order valence-corrected chi connectivity index (χ3v) is 3.35. The average Bonchev–Trinajstić information content (AvgIpc) is 2.43. The number of aromatic nitrogens is 1. The van der Waals surface area contributed by atoms with E-state index in [2.05, 4.69) is 32.2 Å². The summed E-state index contributed by atoms with van der Waals surface area (Å²) in [4.78, 5) is 4.78. The number of fused-ring (bicyclic) bond motifs is 1. The SMILES string of the molecule is CNc1cc(C(C)(C)C)nc2c(OC)cc(OC)cc12. The summed E-state index contributed by atoms with van der Waals surface area (Å²) in [6, 6.07) is 5.92. The van der Waals surface area contributed by atoms with E-state index in [4.69, 9.17) is 14.5 Å². The first-order chi connectivity index (χ1) is 9.40. The van der Waals surface area contributed by atoms with E-state index in [9.17, 15) is 0 Å². The van der Waals surface area contributed by atoms with E-state index in [0.29, 0.717) is 0 Å². The van der Waals surface area contributed by atoms with Crippen LogP contribution in [-0.4, -0.2) is 26.3 Å². The molecule has 20 heavy (non-hydrogen) atoms. The first kappa shape index (κ1) is 14.4. The molecule has 0 radical (unpaired) electrons. The van der Waals surface area contributed by atoms with E-state index < -0.39 is 0 Å². The van der Waals surface area contributed by atoms with Gasteiger partial charge in [0.1, 0.15) is 17.0 Å². The van der Waals surface area contributed by atoms with E-state index in [0.717, 1.165) is 33.8 Å². The van der Waals surface area contributed by atoms with E-state index >= 15 is 0 Å². The van der Waals surface area contributed by atoms with Gasteiger partial charge in [0, 0.05) is 35.3 Å². The molecule has 0 saturated heterocycles. The predicted molar refractivity (Wildman–Crippen MR) is 83.1 cm³/mol. The van der Waals surface area contributed by atoms with Crippen LogP contribution in [-0.2, 0) is 5.41 Å². The highest BCUT2D eigenvalue weighted by Crippen LogP contribution is 2.36. The molecule has 2 rings (SSSR count). The van der Waals surface area contributed by atoms with Gasteiger partial charge in [0.2, 0.25) is 0 Å². The van der Waals surface area contributed by atoms with Crippen LogP contribution < -0.4 is 14.8 Å². The van der Waals surface area contributed by atoms with Gasteiger partial charge in [-0.2, -0.15) is 0 Å². The number of nitrogens with one attached hydrogen (secondary N) is 1. The van der Waals surface area contributed by atoms with E-state index in [1.54, 1.807) is 14.2 Å². The number of benzene rings is 1. The number of hydrogen-bond acceptors (Lipinski definition) is 4. The van der Waals surface area contributed by atoms with Crippen molar-refractivity contribution in [2.45, 2.75) is 26.2 Å². The molecule has 0 aliphatic heterocycles. The maximum Gasteiger partial charge on any atom is 0.148 e. The maximum atomic E-state index is 5.47. The number of ether oxygens (including phenoxy) is 2. The van der Waals surface area contributed by atoms with Crippen LogP contribution >= 0.6 is 0 Å². The number of hydrogen-bond donors (Lipinski definition) is 1. The summed E-state index contributed by atoms with van der Waals surface area (Å²) in [5, 5.41) is 4.23. The van der Waals surface area contributed by atoms with Crippen molar-refractivity contribution in [3.8, 4) is 11.5 Å². The highest BCUT2D eigenvalue weighted by molar-refractivity contribution is 5.96. The van der Waals surface area contributed by atoms with Gasteiger partial charge < -0.3 is 14.8 Å². The Balaban J connectivity index is 2.83. The molecule has 0 fully saturated rings. The van der Waals surface area contributed by atoms with Crippen LogP contribution in [0, 0.1) is 0 Å². The monoisotopic (exact) mass is 274 g/mol. The number of nitrogens with zero attached hydrogens (tertiary/aromatic N) is 1. The summed E-state index contributed by atoms with van der Waals surface area (Å²) in [6.07, 6.45) is 0. The van der Waals surface area contributed by atoms with Crippen LogP contribution in [0.15, 0.2) is 18.2 Å². The molecule has 1 aromatic heterocycles. The number of methoxy groups -OCH3 is 2. The fourth-order valence-corrected chi connectivity index (χ4v) is 2.13. The Morgan fingerprint density at radius 3 is 2.25 bits per heavy atom. The molecule has 1 aromatic carbocycles. The lowest BCUT2D eigenvalue weighted by Crippen LogP contribution is -2.14. The molecule has 4 heteroatoms. The van der Waals surface area contributed by atoms with Gasteiger partial charge in [-0.3, -0.25) is 0 Å². The molecule has 2 aromatic rings. The summed E-state index contributed by atoms with van der Waals surface area (Å²) >= 11 is 0. The normalized spacial score (nSPS) is 11.5. The molecule has 0 aliphatic carbocycles. The minimum atomic E-state index is -0.0231. The second-order valence-corrected chi connectivity index (χ2v) is 5.78. The summed E-state index contributed by atoms with van der Waals surface area (Å²) in [5.41, 5.74) is 2.88. The minimum Gasteiger partial charge on any atom is -0.497 e. The van der Waals surface area contributed by atoms with E-state index in [-0.39, 0.29) is 5.41 Å². The van der Waals surface area contributed by atoms with Crippen LogP contribution in [0.2, 0.25) is 0 Å². The summed E-state index contributed by atoms with van der Waals surface area (Å²) in [7, 11) is 5.21. The van der Waals surface area contributed by atoms with Crippen molar-refractivity contribution < 1.29 is 9.47 Å². The van der Waals surface area contributed by atoms with Crippen molar-refractivity contribution in [2.24, 2.45) is 0 Å². The van der Waals surface area contributed by atoms with Crippen LogP contribution in [0.4, 0.5) is 5.69 Å². The average molecular weight is 274 g/mol. The molecule has 1 N–H and O–H groups in total. The lowest BCUT2D eigenvalue weighted by atomic mass is 9.90. The number of rotatable bonds is 3. The van der Waals surface area contributed by atoms with Gasteiger partial charge >= 0.3 is 0 Å². The van der Waals surface area contributed by atoms with Gasteiger partial charge in [-0.1, -0.05) is 20.8 Å². The summed E-state index contributed by atoms with van der Waals surface area (Å²) in [6.45, 7) is 6.45. The minimum absolute atomic E-state index is 0.0231. The quantitative estimate of drug-likeness (QED) is 0.929. The zero-order chi connectivity index (χ0) is 14.9. The van der Waals surface area contributed by atoms with Crippen molar-refractivity contribution >= 4 is 16.6 Å². The Hall–Kier alpha value is -1.97. The third-order valence-electron chi connectivity index (χ3n) is 3.35. The van der Waals surface area contributed by atoms with Gasteiger partial charge in [0.25, 0.3) is 0 Å². The molecule has 0 unspecified atom stereocenters. The zero-order valence-corrected chi connectivity index (χ0v) is 13.0. The van der Waals surface area contributed by atoms with Gasteiger partial charge in [-0.15, -0.1) is 0 Å². The molecule has 0 aliphatic rings. The fourth-order valence-electron chi connectivity index (χ4n) is 2.13. The van der Waals surface area contributed by atoms with Crippen LogP contribution in [0.3, 0.4) is 0 Å². The van der Waals surface area contributed by atoms with Gasteiger partial charge in [0.05, 0.1) is 14.2 Å². The summed E-state index contributed by atoms with van der Waals surface area (Å²) in [5.74, 6) is 1.48. The molecule has 0 amide bonds. The molecule has 0 atom stereocenters. The third kappa shape index (κ3) is 2.50.